The quantitative estimate of drug-likeness (QED) is 0.714. The Hall–Kier alpha value is -1.97. The first-order valence-corrected chi connectivity index (χ1v) is 4.60. The van der Waals surface area contributed by atoms with Gasteiger partial charge in [-0.3, -0.25) is 0 Å². The van der Waals surface area contributed by atoms with Crippen LogP contribution in [0.2, 0.25) is 0 Å². The van der Waals surface area contributed by atoms with Crippen LogP contribution in [0.5, 0.6) is 0 Å². The van der Waals surface area contributed by atoms with Gasteiger partial charge in [0.2, 0.25) is 0 Å². The molecule has 0 saturated carbocycles. The van der Waals surface area contributed by atoms with Crippen LogP contribution in [0.4, 0.5) is 10.5 Å². The van der Waals surface area contributed by atoms with Gasteiger partial charge in [-0.2, -0.15) is 0 Å². The highest BCUT2D eigenvalue weighted by molar-refractivity contribution is 5.80. The number of methoxy groups -OCH3 is 1. The van der Waals surface area contributed by atoms with Gasteiger partial charge in [-0.15, -0.1) is 0 Å². The summed E-state index contributed by atoms with van der Waals surface area (Å²) in [5.74, 6) is 0.538. The molecule has 78 valence electrons. The van der Waals surface area contributed by atoms with Crippen LogP contribution in [0.3, 0.4) is 0 Å². The largest absolute Gasteiger partial charge is 0.513 e. The lowest BCUT2D eigenvalue weighted by Crippen LogP contribution is -2.12. The van der Waals surface area contributed by atoms with Crippen LogP contribution < -0.4 is 5.32 Å². The van der Waals surface area contributed by atoms with Gasteiger partial charge < -0.3 is 14.8 Å². The summed E-state index contributed by atoms with van der Waals surface area (Å²) in [5, 5.41) is 3.18. The third-order valence-corrected chi connectivity index (χ3v) is 2.13. The number of carbonyl (C=O) groups excluding carboxylic acids is 1. The van der Waals surface area contributed by atoms with Crippen molar-refractivity contribution in [2.75, 3.05) is 19.0 Å². The fourth-order valence-corrected chi connectivity index (χ4v) is 1.44. The molecule has 0 amide bonds. The van der Waals surface area contributed by atoms with Crippen LogP contribution in [0.25, 0.3) is 5.76 Å². The summed E-state index contributed by atoms with van der Waals surface area (Å²) in [6.45, 7) is 0.642. The first-order valence-electron chi connectivity index (χ1n) is 4.60. The van der Waals surface area contributed by atoms with E-state index < -0.39 is 6.16 Å². The topological polar surface area (TPSA) is 47.6 Å². The van der Waals surface area contributed by atoms with E-state index in [0.717, 1.165) is 11.3 Å². The molecule has 0 unspecified atom stereocenters. The van der Waals surface area contributed by atoms with Gasteiger partial charge in [-0.25, -0.2) is 4.79 Å². The molecule has 4 heteroatoms. The zero-order valence-corrected chi connectivity index (χ0v) is 8.32. The summed E-state index contributed by atoms with van der Waals surface area (Å²) < 4.78 is 9.47. The maximum Gasteiger partial charge on any atom is 0.513 e. The van der Waals surface area contributed by atoms with Gasteiger partial charge in [0.05, 0.1) is 7.11 Å². The first-order chi connectivity index (χ1) is 7.31. The maximum atomic E-state index is 11.0. The molecule has 0 fully saturated rings. The van der Waals surface area contributed by atoms with Crippen molar-refractivity contribution in [1.82, 2.24) is 0 Å². The standard InChI is InChI=1S/C11H11NO3/c1-14-11(13)15-10-6-7-12-9-5-3-2-4-8(9)10/h2-6,12H,7H2,1H3. The number of benzene rings is 1. The second kappa shape index (κ2) is 4.04. The highest BCUT2D eigenvalue weighted by Crippen LogP contribution is 2.27. The predicted octanol–water partition coefficient (Wildman–Crippen LogP) is 2.24. The Morgan fingerprint density at radius 2 is 2.20 bits per heavy atom. The average molecular weight is 205 g/mol. The van der Waals surface area contributed by atoms with Crippen LogP contribution in [0.1, 0.15) is 5.56 Å². The van der Waals surface area contributed by atoms with Crippen LogP contribution >= 0.6 is 0 Å². The van der Waals surface area contributed by atoms with Crippen molar-refractivity contribution in [3.63, 3.8) is 0 Å². The lowest BCUT2D eigenvalue weighted by molar-refractivity contribution is 0.112. The summed E-state index contributed by atoms with van der Waals surface area (Å²) >= 11 is 0. The SMILES string of the molecule is COC(=O)OC1=CCNc2ccccc21. The Morgan fingerprint density at radius 3 is 3.00 bits per heavy atom. The summed E-state index contributed by atoms with van der Waals surface area (Å²) in [4.78, 5) is 11.0. The number of carbonyl (C=O) groups is 1. The van der Waals surface area contributed by atoms with E-state index in [4.69, 9.17) is 4.74 Å². The number of hydrogen-bond acceptors (Lipinski definition) is 4. The number of hydrogen-bond donors (Lipinski definition) is 1. The Kier molecular flexibility index (Phi) is 2.58. The number of nitrogens with one attached hydrogen (secondary N) is 1. The monoisotopic (exact) mass is 205 g/mol. The van der Waals surface area contributed by atoms with E-state index in [-0.39, 0.29) is 0 Å². The molecule has 0 spiro atoms. The predicted molar refractivity (Wildman–Crippen MR) is 56.4 cm³/mol. The third-order valence-electron chi connectivity index (χ3n) is 2.13. The molecular weight excluding hydrogens is 194 g/mol. The van der Waals surface area contributed by atoms with E-state index in [0.29, 0.717) is 12.3 Å². The molecule has 2 rings (SSSR count). The minimum Gasteiger partial charge on any atom is -0.437 e. The molecule has 0 bridgehead atoms. The lowest BCUT2D eigenvalue weighted by Gasteiger charge is -2.17. The molecule has 1 aromatic rings. The van der Waals surface area contributed by atoms with Gasteiger partial charge >= 0.3 is 6.16 Å². The van der Waals surface area contributed by atoms with Crippen molar-refractivity contribution in [3.05, 3.63) is 35.9 Å². The summed E-state index contributed by atoms with van der Waals surface area (Å²) in [7, 11) is 1.29. The van der Waals surface area contributed by atoms with E-state index in [1.165, 1.54) is 7.11 Å². The van der Waals surface area contributed by atoms with E-state index >= 15 is 0 Å². The van der Waals surface area contributed by atoms with Gasteiger partial charge in [0.25, 0.3) is 0 Å². The van der Waals surface area contributed by atoms with Gasteiger partial charge in [0.1, 0.15) is 5.76 Å². The van der Waals surface area contributed by atoms with Crippen molar-refractivity contribution in [3.8, 4) is 0 Å². The molecule has 1 N–H and O–H groups in total. The van der Waals surface area contributed by atoms with Crippen molar-refractivity contribution in [2.24, 2.45) is 0 Å². The molecular formula is C11H11NO3. The van der Waals surface area contributed by atoms with Gasteiger partial charge in [-0.05, 0) is 18.2 Å². The zero-order valence-electron chi connectivity index (χ0n) is 8.32. The molecule has 1 aliphatic rings. The van der Waals surface area contributed by atoms with Crippen molar-refractivity contribution in [1.29, 1.82) is 0 Å². The van der Waals surface area contributed by atoms with Crippen LogP contribution in [0.15, 0.2) is 30.3 Å². The summed E-state index contributed by atoms with van der Waals surface area (Å²) in [6.07, 6.45) is 1.11. The lowest BCUT2D eigenvalue weighted by atomic mass is 10.1. The molecule has 0 saturated heterocycles. The van der Waals surface area contributed by atoms with Gasteiger partial charge in [0.15, 0.2) is 0 Å². The molecule has 1 aromatic carbocycles. The molecule has 0 atom stereocenters. The van der Waals surface area contributed by atoms with Crippen molar-refractivity contribution < 1.29 is 14.3 Å². The summed E-state index contributed by atoms with van der Waals surface area (Å²) in [5.41, 5.74) is 1.83. The molecule has 0 aliphatic carbocycles. The molecule has 1 aliphatic heterocycles. The van der Waals surface area contributed by atoms with E-state index in [2.05, 4.69) is 10.1 Å². The highest BCUT2D eigenvalue weighted by atomic mass is 16.7. The van der Waals surface area contributed by atoms with E-state index in [1.807, 2.05) is 24.3 Å². The Morgan fingerprint density at radius 1 is 1.40 bits per heavy atom. The Labute approximate surface area is 87.5 Å². The average Bonchev–Trinajstić information content (AvgIpc) is 2.29. The third kappa shape index (κ3) is 1.93. The smallest absolute Gasteiger partial charge is 0.437 e. The van der Waals surface area contributed by atoms with E-state index in [9.17, 15) is 4.79 Å². The zero-order chi connectivity index (χ0) is 10.7. The summed E-state index contributed by atoms with van der Waals surface area (Å²) in [6, 6.07) is 7.63. The van der Waals surface area contributed by atoms with Crippen molar-refractivity contribution in [2.45, 2.75) is 0 Å². The number of para-hydroxylation sites is 1. The number of ether oxygens (including phenoxy) is 2. The second-order valence-corrected chi connectivity index (χ2v) is 3.05. The normalized spacial score (nSPS) is 13.3. The van der Waals surface area contributed by atoms with Crippen LogP contribution in [-0.4, -0.2) is 19.8 Å². The number of fused-ring (bicyclic) bond motifs is 1. The Bertz CT molecular complexity index is 412. The highest BCUT2D eigenvalue weighted by Gasteiger charge is 2.15. The molecule has 4 nitrogen and oxygen atoms in total. The first kappa shape index (κ1) is 9.58. The number of anilines is 1. The Balaban J connectivity index is 2.26. The van der Waals surface area contributed by atoms with E-state index in [1.54, 1.807) is 6.08 Å². The van der Waals surface area contributed by atoms with Crippen LogP contribution in [0, 0.1) is 0 Å². The maximum absolute atomic E-state index is 11.0. The van der Waals surface area contributed by atoms with Crippen LogP contribution in [-0.2, 0) is 9.47 Å². The molecule has 0 radical (unpaired) electrons. The number of rotatable bonds is 1. The molecule has 0 aromatic heterocycles. The fourth-order valence-electron chi connectivity index (χ4n) is 1.44. The van der Waals surface area contributed by atoms with Crippen molar-refractivity contribution >= 4 is 17.6 Å². The van der Waals surface area contributed by atoms with Gasteiger partial charge in [-0.1, -0.05) is 12.1 Å². The fraction of sp³-hybridized carbons (Fsp3) is 0.182. The molecule has 1 heterocycles. The second-order valence-electron chi connectivity index (χ2n) is 3.05. The molecule has 15 heavy (non-hydrogen) atoms. The minimum absolute atomic E-state index is 0.538. The van der Waals surface area contributed by atoms with Gasteiger partial charge in [0, 0.05) is 17.8 Å². The minimum atomic E-state index is -0.696.